The molecule has 50 heavy (non-hydrogen) atoms. The van der Waals surface area contributed by atoms with E-state index in [1.54, 1.807) is 0 Å². The molecule has 0 N–H and O–H groups in total. The van der Waals surface area contributed by atoms with Crippen LogP contribution < -0.4 is 4.90 Å². The molecule has 0 amide bonds. The molecule has 0 heterocycles. The molecule has 7 aromatic rings. The summed E-state index contributed by atoms with van der Waals surface area (Å²) >= 11 is 0. The standard InChI is InChI=1S/C49H41N/c1-32-18-25-37(26-19-32)50(38-27-23-34-12-6-7-13-36(34)31-38)45-29-24-35(39-14-8-9-15-40(39)45)22-20-33-21-28-42-44(30-33)49(4,5)46-41-16-10-11-17-43(41)48(2,3)47(42)46/h6-31H,1-5H3. The van der Waals surface area contributed by atoms with Crippen LogP contribution in [-0.2, 0) is 10.8 Å². The molecule has 0 atom stereocenters. The van der Waals surface area contributed by atoms with Crippen LogP contribution in [0.15, 0.2) is 146 Å². The van der Waals surface area contributed by atoms with E-state index in [1.807, 2.05) is 0 Å². The second-order valence-electron chi connectivity index (χ2n) is 15.1. The second-order valence-corrected chi connectivity index (χ2v) is 15.1. The number of anilines is 3. The van der Waals surface area contributed by atoms with Gasteiger partial charge < -0.3 is 4.90 Å². The summed E-state index contributed by atoms with van der Waals surface area (Å²) in [5.41, 5.74) is 15.8. The maximum Gasteiger partial charge on any atom is 0.0540 e. The van der Waals surface area contributed by atoms with E-state index in [2.05, 4.69) is 197 Å². The number of benzene rings is 7. The van der Waals surface area contributed by atoms with E-state index < -0.39 is 0 Å². The van der Waals surface area contributed by atoms with Crippen LogP contribution in [0.3, 0.4) is 0 Å². The van der Waals surface area contributed by atoms with Crippen LogP contribution in [-0.4, -0.2) is 0 Å². The third kappa shape index (κ3) is 4.61. The molecule has 0 aromatic heterocycles. The lowest BCUT2D eigenvalue weighted by atomic mass is 9.75. The maximum absolute atomic E-state index is 2.43. The average molecular weight is 644 g/mol. The Hall–Kier alpha value is -5.66. The van der Waals surface area contributed by atoms with Gasteiger partial charge in [0.25, 0.3) is 0 Å². The Morgan fingerprint density at radius 2 is 1.12 bits per heavy atom. The average Bonchev–Trinajstić information content (AvgIpc) is 3.53. The fraction of sp³-hybridized carbons (Fsp3) is 0.143. The van der Waals surface area contributed by atoms with Gasteiger partial charge in [0.15, 0.2) is 0 Å². The monoisotopic (exact) mass is 643 g/mol. The van der Waals surface area contributed by atoms with E-state index in [0.29, 0.717) is 0 Å². The van der Waals surface area contributed by atoms with Gasteiger partial charge in [0.05, 0.1) is 5.69 Å². The summed E-state index contributed by atoms with van der Waals surface area (Å²) in [6.45, 7) is 11.7. The van der Waals surface area contributed by atoms with Crippen molar-refractivity contribution in [1.29, 1.82) is 0 Å². The topological polar surface area (TPSA) is 3.24 Å². The molecular formula is C49H41N. The number of allylic oxidation sites excluding steroid dienone is 2. The Kier molecular flexibility index (Phi) is 6.80. The van der Waals surface area contributed by atoms with Crippen molar-refractivity contribution < 1.29 is 0 Å². The number of aryl methyl sites for hydroxylation is 1. The summed E-state index contributed by atoms with van der Waals surface area (Å²) < 4.78 is 0. The zero-order valence-corrected chi connectivity index (χ0v) is 29.5. The molecule has 9 rings (SSSR count). The Morgan fingerprint density at radius 3 is 1.92 bits per heavy atom. The van der Waals surface area contributed by atoms with E-state index in [-0.39, 0.29) is 10.8 Å². The minimum absolute atomic E-state index is 0.00816. The molecule has 0 saturated carbocycles. The molecule has 1 nitrogen and oxygen atoms in total. The van der Waals surface area contributed by atoms with Crippen LogP contribution in [0, 0.1) is 6.92 Å². The number of fused-ring (bicyclic) bond motifs is 6. The third-order valence-electron chi connectivity index (χ3n) is 11.3. The molecule has 0 fully saturated rings. The Labute approximate surface area is 295 Å². The summed E-state index contributed by atoms with van der Waals surface area (Å²) in [7, 11) is 0. The van der Waals surface area contributed by atoms with Gasteiger partial charge in [-0.3, -0.25) is 0 Å². The van der Waals surface area contributed by atoms with Crippen molar-refractivity contribution in [1.82, 2.24) is 0 Å². The van der Waals surface area contributed by atoms with Gasteiger partial charge in [-0.1, -0.05) is 161 Å². The zero-order chi connectivity index (χ0) is 34.2. The van der Waals surface area contributed by atoms with Crippen LogP contribution in [0.4, 0.5) is 17.1 Å². The van der Waals surface area contributed by atoms with E-state index in [0.717, 1.165) is 11.4 Å². The van der Waals surface area contributed by atoms with Gasteiger partial charge in [0, 0.05) is 27.6 Å². The first-order valence-corrected chi connectivity index (χ1v) is 17.8. The summed E-state index contributed by atoms with van der Waals surface area (Å²) in [6.07, 6.45) is 4.59. The molecule has 0 unspecified atom stereocenters. The molecular weight excluding hydrogens is 603 g/mol. The minimum Gasteiger partial charge on any atom is -0.310 e. The van der Waals surface area contributed by atoms with E-state index in [9.17, 15) is 0 Å². The third-order valence-corrected chi connectivity index (χ3v) is 11.3. The lowest BCUT2D eigenvalue weighted by molar-refractivity contribution is 0.694. The lowest BCUT2D eigenvalue weighted by Gasteiger charge is -2.28. The predicted octanol–water partition coefficient (Wildman–Crippen LogP) is 13.4. The van der Waals surface area contributed by atoms with Crippen molar-refractivity contribution in [3.63, 3.8) is 0 Å². The van der Waals surface area contributed by atoms with E-state index in [1.165, 1.54) is 77.3 Å². The minimum atomic E-state index is -0.0606. The molecule has 2 aliphatic carbocycles. The highest BCUT2D eigenvalue weighted by molar-refractivity contribution is 6.10. The van der Waals surface area contributed by atoms with Crippen LogP contribution in [0.2, 0.25) is 0 Å². The summed E-state index contributed by atoms with van der Waals surface area (Å²) in [5, 5.41) is 4.94. The van der Waals surface area contributed by atoms with Gasteiger partial charge in [-0.05, 0) is 97.9 Å². The van der Waals surface area contributed by atoms with Gasteiger partial charge in [0.2, 0.25) is 0 Å². The molecule has 7 aromatic carbocycles. The number of nitrogens with zero attached hydrogens (tertiary/aromatic N) is 1. The van der Waals surface area contributed by atoms with Gasteiger partial charge in [0.1, 0.15) is 0 Å². The normalized spacial score (nSPS) is 15.5. The van der Waals surface area contributed by atoms with Crippen molar-refractivity contribution in [2.24, 2.45) is 0 Å². The Balaban J connectivity index is 1.12. The SMILES string of the molecule is Cc1ccc(N(c2ccc3ccccc3c2)c2ccc(C=Cc3ccc4c(c3)C(C)(C)C3=C4C(C)(C)c4ccccc43)c3ccccc23)cc1. The first kappa shape index (κ1) is 30.4. The highest BCUT2D eigenvalue weighted by Crippen LogP contribution is 2.62. The highest BCUT2D eigenvalue weighted by Gasteiger charge is 2.49. The first-order chi connectivity index (χ1) is 24.2. The van der Waals surface area contributed by atoms with Gasteiger partial charge in [-0.25, -0.2) is 0 Å². The number of rotatable bonds is 5. The second kappa shape index (κ2) is 11.2. The largest absolute Gasteiger partial charge is 0.310 e. The summed E-state index contributed by atoms with van der Waals surface area (Å²) in [6, 6.07) is 53.7. The van der Waals surface area contributed by atoms with Crippen LogP contribution >= 0.6 is 0 Å². The van der Waals surface area contributed by atoms with E-state index >= 15 is 0 Å². The van der Waals surface area contributed by atoms with Crippen molar-refractivity contribution in [3.05, 3.63) is 185 Å². The van der Waals surface area contributed by atoms with Crippen LogP contribution in [0.1, 0.15) is 66.6 Å². The molecule has 0 bridgehead atoms. The number of hydrogen-bond donors (Lipinski definition) is 0. The van der Waals surface area contributed by atoms with Crippen LogP contribution in [0.5, 0.6) is 0 Å². The van der Waals surface area contributed by atoms with Crippen molar-refractivity contribution >= 4 is 61.9 Å². The Bertz CT molecular complexity index is 2540. The smallest absolute Gasteiger partial charge is 0.0540 e. The van der Waals surface area contributed by atoms with Crippen molar-refractivity contribution in [2.75, 3.05) is 4.90 Å². The molecule has 0 spiro atoms. The molecule has 0 aliphatic heterocycles. The summed E-state index contributed by atoms with van der Waals surface area (Å²) in [4.78, 5) is 2.40. The molecule has 0 radical (unpaired) electrons. The highest BCUT2D eigenvalue weighted by atomic mass is 15.1. The quantitative estimate of drug-likeness (QED) is 0.169. The van der Waals surface area contributed by atoms with Crippen molar-refractivity contribution in [3.8, 4) is 0 Å². The van der Waals surface area contributed by atoms with Gasteiger partial charge in [-0.15, -0.1) is 0 Å². The number of hydrogen-bond acceptors (Lipinski definition) is 1. The maximum atomic E-state index is 2.43. The Morgan fingerprint density at radius 1 is 0.480 bits per heavy atom. The molecule has 0 saturated heterocycles. The lowest BCUT2D eigenvalue weighted by Crippen LogP contribution is -2.19. The predicted molar refractivity (Wildman–Crippen MR) is 216 cm³/mol. The fourth-order valence-corrected chi connectivity index (χ4v) is 8.75. The summed E-state index contributed by atoms with van der Waals surface area (Å²) in [5.74, 6) is 0. The molecule has 242 valence electrons. The first-order valence-electron chi connectivity index (χ1n) is 17.8. The van der Waals surface area contributed by atoms with Gasteiger partial charge in [-0.2, -0.15) is 0 Å². The van der Waals surface area contributed by atoms with Gasteiger partial charge >= 0.3 is 0 Å². The van der Waals surface area contributed by atoms with Crippen molar-refractivity contribution in [2.45, 2.75) is 45.4 Å². The zero-order valence-electron chi connectivity index (χ0n) is 29.5. The molecule has 2 aliphatic rings. The molecule has 1 heteroatoms. The van der Waals surface area contributed by atoms with E-state index in [4.69, 9.17) is 0 Å². The fourth-order valence-electron chi connectivity index (χ4n) is 8.75. The van der Waals surface area contributed by atoms with Crippen LogP contribution in [0.25, 0.3) is 44.8 Å².